The summed E-state index contributed by atoms with van der Waals surface area (Å²) in [6.07, 6.45) is -4.37. The first-order chi connectivity index (χ1) is 9.37. The van der Waals surface area contributed by atoms with Gasteiger partial charge in [0.05, 0.1) is 11.6 Å². The monoisotopic (exact) mass is 321 g/mol. The zero-order chi connectivity index (χ0) is 16.6. The van der Waals surface area contributed by atoms with Crippen LogP contribution < -0.4 is 0 Å². The Morgan fingerprint density at radius 3 is 2.14 bits per heavy atom. The molecule has 21 heavy (non-hydrogen) atoms. The van der Waals surface area contributed by atoms with Crippen molar-refractivity contribution < 1.29 is 17.7 Å². The maximum atomic E-state index is 13.0. The molecular weight excluding hydrogens is 299 g/mol. The summed E-state index contributed by atoms with van der Waals surface area (Å²) in [5.41, 5.74) is 0.0991. The molecule has 1 aromatic rings. The third-order valence-electron chi connectivity index (χ3n) is 3.46. The van der Waals surface area contributed by atoms with E-state index in [1.54, 1.807) is 24.3 Å². The highest BCUT2D eigenvalue weighted by atomic mass is 32.2. The molecule has 0 N–H and O–H groups in total. The molecule has 0 bridgehead atoms. The molecule has 1 unspecified atom stereocenters. The normalized spacial score (nSPS) is 16.1. The Hall–Kier alpha value is -0.720. The van der Waals surface area contributed by atoms with Crippen LogP contribution in [-0.2, 0) is 17.5 Å². The van der Waals surface area contributed by atoms with Gasteiger partial charge in [0.15, 0.2) is 0 Å². The molecule has 0 heterocycles. The van der Waals surface area contributed by atoms with Crippen LogP contribution in [0.3, 0.4) is 0 Å². The molecule has 0 aliphatic heterocycles. The molecule has 0 aliphatic carbocycles. The standard InChI is InChI=1S/C15H22F3NOS/c1-10-12(8-7-9-13(10)15(16,17)18)11(2)19(6)21(20)14(3,4)5/h7-9,11H,1-6H3/t11?,21-/m0/s1. The molecule has 0 saturated carbocycles. The number of alkyl halides is 3. The summed E-state index contributed by atoms with van der Waals surface area (Å²) in [6.45, 7) is 8.75. The highest BCUT2D eigenvalue weighted by Gasteiger charge is 2.37. The van der Waals surface area contributed by atoms with Crippen molar-refractivity contribution in [3.05, 3.63) is 34.9 Å². The molecule has 120 valence electrons. The maximum Gasteiger partial charge on any atom is 0.416 e. The average molecular weight is 321 g/mol. The van der Waals surface area contributed by atoms with Crippen LogP contribution in [0.2, 0.25) is 0 Å². The lowest BCUT2D eigenvalue weighted by Crippen LogP contribution is -2.42. The molecule has 0 spiro atoms. The minimum atomic E-state index is -4.37. The lowest BCUT2D eigenvalue weighted by Gasteiger charge is -2.34. The number of hydrogen-bond acceptors (Lipinski definition) is 2. The molecule has 0 fully saturated rings. The Balaban J connectivity index is 3.17. The van der Waals surface area contributed by atoms with Gasteiger partial charge in [-0.2, -0.15) is 13.2 Å². The summed E-state index contributed by atoms with van der Waals surface area (Å²) in [6, 6.07) is 3.76. The summed E-state index contributed by atoms with van der Waals surface area (Å²) < 4.78 is 52.4. The van der Waals surface area contributed by atoms with E-state index in [0.29, 0.717) is 5.56 Å². The Bertz CT molecular complexity index is 497. The SMILES string of the molecule is Cc1c(C(C)N(C)[S@@+]([O-])C(C)(C)C)cccc1C(F)(F)F. The molecule has 1 aromatic carbocycles. The third kappa shape index (κ3) is 4.14. The van der Waals surface area contributed by atoms with Crippen molar-refractivity contribution in [3.63, 3.8) is 0 Å². The van der Waals surface area contributed by atoms with Crippen LogP contribution in [0, 0.1) is 6.92 Å². The third-order valence-corrected chi connectivity index (χ3v) is 5.35. The van der Waals surface area contributed by atoms with E-state index in [-0.39, 0.29) is 11.6 Å². The van der Waals surface area contributed by atoms with Crippen LogP contribution >= 0.6 is 0 Å². The van der Waals surface area contributed by atoms with Gasteiger partial charge in [-0.25, -0.2) is 0 Å². The van der Waals surface area contributed by atoms with Gasteiger partial charge in [-0.05, 0) is 51.8 Å². The highest BCUT2D eigenvalue weighted by molar-refractivity contribution is 7.90. The van der Waals surface area contributed by atoms with Crippen molar-refractivity contribution in [2.24, 2.45) is 0 Å². The molecule has 0 aromatic heterocycles. The Morgan fingerprint density at radius 2 is 1.71 bits per heavy atom. The molecule has 0 aliphatic rings. The van der Waals surface area contributed by atoms with Crippen LogP contribution in [0.15, 0.2) is 18.2 Å². The maximum absolute atomic E-state index is 13.0. The zero-order valence-electron chi connectivity index (χ0n) is 13.2. The van der Waals surface area contributed by atoms with Gasteiger partial charge >= 0.3 is 6.18 Å². The number of hydrogen-bond donors (Lipinski definition) is 0. The van der Waals surface area contributed by atoms with Crippen molar-refractivity contribution >= 4 is 11.4 Å². The first-order valence-corrected chi connectivity index (χ1v) is 7.79. The average Bonchev–Trinajstić information content (AvgIpc) is 2.34. The van der Waals surface area contributed by atoms with Gasteiger partial charge in [0, 0.05) is 18.4 Å². The molecule has 2 atom stereocenters. The first-order valence-electron chi connectivity index (χ1n) is 6.69. The van der Waals surface area contributed by atoms with Crippen LogP contribution in [0.5, 0.6) is 0 Å². The Kier molecular flexibility index (Phi) is 5.40. The summed E-state index contributed by atoms with van der Waals surface area (Å²) in [5.74, 6) is 0. The minimum absolute atomic E-state index is 0.190. The van der Waals surface area contributed by atoms with Crippen molar-refractivity contribution in [2.75, 3.05) is 7.05 Å². The number of nitrogens with zero attached hydrogens (tertiary/aromatic N) is 1. The smallest absolute Gasteiger partial charge is 0.416 e. The van der Waals surface area contributed by atoms with E-state index < -0.39 is 27.8 Å². The van der Waals surface area contributed by atoms with Gasteiger partial charge in [0.1, 0.15) is 4.75 Å². The fraction of sp³-hybridized carbons (Fsp3) is 0.600. The molecule has 6 heteroatoms. The second-order valence-corrected chi connectivity index (χ2v) is 8.40. The Labute approximate surface area is 127 Å². The largest absolute Gasteiger partial charge is 0.597 e. The number of benzene rings is 1. The molecule has 0 radical (unpaired) electrons. The van der Waals surface area contributed by atoms with E-state index in [1.165, 1.54) is 13.0 Å². The van der Waals surface area contributed by atoms with Gasteiger partial charge in [-0.1, -0.05) is 12.1 Å². The van der Waals surface area contributed by atoms with Crippen molar-refractivity contribution in [2.45, 2.75) is 51.6 Å². The number of halogens is 3. The van der Waals surface area contributed by atoms with E-state index >= 15 is 0 Å². The van der Waals surface area contributed by atoms with Crippen molar-refractivity contribution in [1.29, 1.82) is 0 Å². The quantitative estimate of drug-likeness (QED) is 0.768. The lowest BCUT2D eigenvalue weighted by molar-refractivity contribution is -0.138. The Morgan fingerprint density at radius 1 is 1.19 bits per heavy atom. The topological polar surface area (TPSA) is 26.3 Å². The summed E-state index contributed by atoms with van der Waals surface area (Å²) >= 11 is -1.30. The molecule has 0 saturated heterocycles. The molecular formula is C15H22F3NOS. The summed E-state index contributed by atoms with van der Waals surface area (Å²) in [5, 5.41) is 0. The van der Waals surface area contributed by atoms with Crippen LogP contribution in [0.1, 0.15) is 50.4 Å². The fourth-order valence-electron chi connectivity index (χ4n) is 2.18. The van der Waals surface area contributed by atoms with Crippen LogP contribution in [-0.4, -0.2) is 20.7 Å². The van der Waals surface area contributed by atoms with Gasteiger partial charge in [-0.15, -0.1) is 4.31 Å². The fourth-order valence-corrected chi connectivity index (χ4v) is 3.45. The molecule has 1 rings (SSSR count). The first kappa shape index (κ1) is 18.3. The van der Waals surface area contributed by atoms with E-state index in [1.807, 2.05) is 20.8 Å². The van der Waals surface area contributed by atoms with Gasteiger partial charge in [-0.3, -0.25) is 0 Å². The predicted molar refractivity (Wildman–Crippen MR) is 80.3 cm³/mol. The van der Waals surface area contributed by atoms with Gasteiger partial charge in [0.2, 0.25) is 0 Å². The molecule has 0 amide bonds. The van der Waals surface area contributed by atoms with E-state index in [2.05, 4.69) is 0 Å². The van der Waals surface area contributed by atoms with Crippen LogP contribution in [0.25, 0.3) is 0 Å². The second kappa shape index (κ2) is 6.18. The van der Waals surface area contributed by atoms with Crippen LogP contribution in [0.4, 0.5) is 13.2 Å². The van der Waals surface area contributed by atoms with Crippen molar-refractivity contribution in [3.8, 4) is 0 Å². The highest BCUT2D eigenvalue weighted by Crippen LogP contribution is 2.36. The van der Waals surface area contributed by atoms with Crippen molar-refractivity contribution in [1.82, 2.24) is 4.31 Å². The predicted octanol–water partition coefficient (Wildman–Crippen LogP) is 4.47. The van der Waals surface area contributed by atoms with Gasteiger partial charge in [0.25, 0.3) is 0 Å². The lowest BCUT2D eigenvalue weighted by atomic mass is 9.97. The minimum Gasteiger partial charge on any atom is -0.597 e. The van der Waals surface area contributed by atoms with E-state index in [4.69, 9.17) is 0 Å². The van der Waals surface area contributed by atoms with E-state index in [9.17, 15) is 17.7 Å². The van der Waals surface area contributed by atoms with E-state index in [0.717, 1.165) is 6.07 Å². The van der Waals surface area contributed by atoms with Gasteiger partial charge < -0.3 is 4.55 Å². The summed E-state index contributed by atoms with van der Waals surface area (Å²) in [4.78, 5) is 0. The zero-order valence-corrected chi connectivity index (χ0v) is 14.0. The molecule has 2 nitrogen and oxygen atoms in total. The summed E-state index contributed by atoms with van der Waals surface area (Å²) in [7, 11) is 1.67. The second-order valence-electron chi connectivity index (χ2n) is 6.10. The number of rotatable bonds is 3.